The zero-order valence-electron chi connectivity index (χ0n) is 15.7. The fraction of sp³-hybridized carbons (Fsp3) is 0.0909. The van der Waals surface area contributed by atoms with Gasteiger partial charge in [0.2, 0.25) is 0 Å². The molecule has 1 unspecified atom stereocenters. The van der Waals surface area contributed by atoms with Crippen molar-refractivity contribution >= 4 is 36.3 Å². The van der Waals surface area contributed by atoms with Gasteiger partial charge < -0.3 is 0 Å². The number of ether oxygens (including phenoxy) is 1. The molecule has 4 aromatic rings. The number of esters is 1. The first kappa shape index (κ1) is 19.1. The van der Waals surface area contributed by atoms with Crippen LogP contribution in [0.3, 0.4) is 0 Å². The van der Waals surface area contributed by atoms with E-state index in [4.69, 9.17) is 4.74 Å². The van der Waals surface area contributed by atoms with Crippen LogP contribution in [0.2, 0.25) is 0 Å². The van der Waals surface area contributed by atoms with Gasteiger partial charge in [-0.05, 0) is 0 Å². The first-order valence-electron chi connectivity index (χ1n) is 9.14. The van der Waals surface area contributed by atoms with Gasteiger partial charge in [0.25, 0.3) is 0 Å². The second kappa shape index (κ2) is 8.41. The number of benzene rings is 2. The summed E-state index contributed by atoms with van der Waals surface area (Å²) < 4.78 is 7.92. The van der Waals surface area contributed by atoms with Crippen LogP contribution in [-0.2, 0) is 4.74 Å². The Labute approximate surface area is 174 Å². The van der Waals surface area contributed by atoms with Crippen LogP contribution in [0.4, 0.5) is 0 Å². The Kier molecular flexibility index (Phi) is 5.54. The van der Waals surface area contributed by atoms with Crippen molar-refractivity contribution in [2.75, 3.05) is 6.61 Å². The van der Waals surface area contributed by atoms with Gasteiger partial charge in [0.05, 0.1) is 0 Å². The van der Waals surface area contributed by atoms with E-state index in [0.29, 0.717) is 11.2 Å². The fourth-order valence-electron chi connectivity index (χ4n) is 3.01. The second-order valence-electron chi connectivity index (χ2n) is 6.25. The van der Waals surface area contributed by atoms with Gasteiger partial charge in [-0.25, -0.2) is 0 Å². The number of nitrogens with zero attached hydrogens (tertiary/aromatic N) is 3. The van der Waals surface area contributed by atoms with Crippen molar-refractivity contribution in [2.45, 2.75) is 6.92 Å². The number of hydrogen-bond donors (Lipinski definition) is 0. The van der Waals surface area contributed by atoms with Gasteiger partial charge in [0.1, 0.15) is 0 Å². The normalized spacial score (nSPS) is 11.2. The Bertz CT molecular complexity index is 1190. The minimum absolute atomic E-state index is 0.186. The predicted octanol–water partition coefficient (Wildman–Crippen LogP) is 2.48. The SMILES string of the molecule is CCOC(=O)c1cnn2c(-c3cccc([AsH]C(=O)c4ccccc4)c3)ccnc12. The molecule has 0 aliphatic carbocycles. The summed E-state index contributed by atoms with van der Waals surface area (Å²) in [6, 6.07) is 19.1. The average molecular weight is 447 g/mol. The van der Waals surface area contributed by atoms with Crippen LogP contribution in [0, 0.1) is 0 Å². The molecule has 29 heavy (non-hydrogen) atoms. The summed E-state index contributed by atoms with van der Waals surface area (Å²) in [5.74, 6) is -0.443. The van der Waals surface area contributed by atoms with E-state index in [-0.39, 0.29) is 11.2 Å². The molecule has 0 bridgehead atoms. The van der Waals surface area contributed by atoms with Crippen molar-refractivity contribution in [3.8, 4) is 11.3 Å². The van der Waals surface area contributed by atoms with E-state index < -0.39 is 21.7 Å². The van der Waals surface area contributed by atoms with Gasteiger partial charge in [-0.15, -0.1) is 0 Å². The molecule has 0 saturated heterocycles. The van der Waals surface area contributed by atoms with Crippen molar-refractivity contribution in [3.63, 3.8) is 0 Å². The van der Waals surface area contributed by atoms with E-state index >= 15 is 0 Å². The molecule has 0 aliphatic rings. The maximum absolute atomic E-state index is 12.6. The van der Waals surface area contributed by atoms with Gasteiger partial charge >= 0.3 is 174 Å². The van der Waals surface area contributed by atoms with E-state index in [1.807, 2.05) is 60.7 Å². The Hall–Kier alpha value is -3.24. The van der Waals surface area contributed by atoms with Gasteiger partial charge in [-0.1, -0.05) is 0 Å². The topological polar surface area (TPSA) is 73.6 Å². The van der Waals surface area contributed by atoms with E-state index in [0.717, 1.165) is 21.2 Å². The predicted molar refractivity (Wildman–Crippen MR) is 112 cm³/mol. The average Bonchev–Trinajstić information content (AvgIpc) is 3.19. The minimum atomic E-state index is -0.992. The fourth-order valence-corrected chi connectivity index (χ4v) is 5.07. The number of rotatable bonds is 6. The van der Waals surface area contributed by atoms with E-state index in [1.165, 1.54) is 6.20 Å². The molecule has 2 aromatic carbocycles. The molecule has 0 N–H and O–H groups in total. The zero-order chi connectivity index (χ0) is 20.2. The van der Waals surface area contributed by atoms with Gasteiger partial charge in [-0.2, -0.15) is 0 Å². The molecule has 2 aromatic heterocycles. The van der Waals surface area contributed by atoms with Crippen molar-refractivity contribution in [2.24, 2.45) is 0 Å². The van der Waals surface area contributed by atoms with Crippen molar-refractivity contribution in [3.05, 3.63) is 84.2 Å². The van der Waals surface area contributed by atoms with E-state index in [1.54, 1.807) is 17.6 Å². The summed E-state index contributed by atoms with van der Waals surface area (Å²) in [6.45, 7) is 2.05. The van der Waals surface area contributed by atoms with Crippen molar-refractivity contribution in [1.82, 2.24) is 14.6 Å². The molecule has 2 heterocycles. The number of aromatic nitrogens is 3. The summed E-state index contributed by atoms with van der Waals surface area (Å²) in [6.07, 6.45) is 3.12. The van der Waals surface area contributed by atoms with Crippen LogP contribution in [0.25, 0.3) is 16.9 Å². The third kappa shape index (κ3) is 3.98. The number of hydrogen-bond acceptors (Lipinski definition) is 5. The number of fused-ring (bicyclic) bond motifs is 1. The van der Waals surface area contributed by atoms with Crippen LogP contribution >= 0.6 is 0 Å². The zero-order valence-corrected chi connectivity index (χ0v) is 17.8. The monoisotopic (exact) mass is 447 g/mol. The molecule has 6 nitrogen and oxygen atoms in total. The third-order valence-corrected chi connectivity index (χ3v) is 6.69. The summed E-state index contributed by atoms with van der Waals surface area (Å²) in [4.78, 5) is 29.0. The molecular weight excluding hydrogens is 429 g/mol. The summed E-state index contributed by atoms with van der Waals surface area (Å²) in [5.41, 5.74) is 3.24. The van der Waals surface area contributed by atoms with Gasteiger partial charge in [-0.3, -0.25) is 0 Å². The Morgan fingerprint density at radius 3 is 2.69 bits per heavy atom. The van der Waals surface area contributed by atoms with E-state index in [9.17, 15) is 9.59 Å². The summed E-state index contributed by atoms with van der Waals surface area (Å²) >= 11 is -0.992. The molecule has 0 spiro atoms. The number of carbonyl (C=O) groups is 2. The first-order valence-corrected chi connectivity index (χ1v) is 11.2. The molecule has 7 heteroatoms. The molecule has 0 aliphatic heterocycles. The molecule has 4 rings (SSSR count). The quantitative estimate of drug-likeness (QED) is 0.336. The molecule has 0 saturated carbocycles. The molecule has 144 valence electrons. The van der Waals surface area contributed by atoms with Gasteiger partial charge in [0.15, 0.2) is 0 Å². The Balaban J connectivity index is 1.67. The summed E-state index contributed by atoms with van der Waals surface area (Å²) in [7, 11) is 0. The third-order valence-electron chi connectivity index (χ3n) is 4.35. The van der Waals surface area contributed by atoms with Crippen molar-refractivity contribution < 1.29 is 14.3 Å². The number of carbonyl (C=O) groups excluding carboxylic acids is 2. The molecule has 0 amide bonds. The second-order valence-corrected chi connectivity index (χ2v) is 8.93. The van der Waals surface area contributed by atoms with Crippen LogP contribution in [-0.4, -0.2) is 47.5 Å². The summed E-state index contributed by atoms with van der Waals surface area (Å²) in [5, 5.41) is 4.33. The molecular formula is C22H18AsN3O3. The Morgan fingerprint density at radius 1 is 1.07 bits per heavy atom. The molecule has 1 atom stereocenters. The molecule has 0 radical (unpaired) electrons. The Morgan fingerprint density at radius 2 is 1.90 bits per heavy atom. The van der Waals surface area contributed by atoms with Crippen LogP contribution in [0.5, 0.6) is 0 Å². The van der Waals surface area contributed by atoms with Gasteiger partial charge in [0, 0.05) is 0 Å². The standard InChI is InChI=1S/C22H18AsN3O3/c1-2-29-22(28)18-14-25-26-19(11-12-24-21(18)26)16-9-6-10-17(13-16)23-20(27)15-7-4-3-5-8-15/h3-14,23H,2H2,1H3. The first-order chi connectivity index (χ1) is 14.2. The van der Waals surface area contributed by atoms with Crippen LogP contribution < -0.4 is 4.35 Å². The van der Waals surface area contributed by atoms with Crippen molar-refractivity contribution in [1.29, 1.82) is 0 Å². The van der Waals surface area contributed by atoms with Crippen LogP contribution in [0.15, 0.2) is 73.1 Å². The molecule has 0 fully saturated rings. The maximum atomic E-state index is 12.6. The van der Waals surface area contributed by atoms with E-state index in [2.05, 4.69) is 10.1 Å². The van der Waals surface area contributed by atoms with Crippen LogP contribution in [0.1, 0.15) is 27.6 Å².